The maximum atomic E-state index is 12.6. The van der Waals surface area contributed by atoms with Gasteiger partial charge in [0.05, 0.1) is 24.1 Å². The van der Waals surface area contributed by atoms with Crippen molar-refractivity contribution < 1.29 is 18.3 Å². The first-order valence-corrected chi connectivity index (χ1v) is 8.48. The Labute approximate surface area is 157 Å². The highest BCUT2D eigenvalue weighted by Crippen LogP contribution is 2.29. The first kappa shape index (κ1) is 19.6. The molecular weight excluding hydrogens is 387 g/mol. The molecule has 3 N–H and O–H groups in total. The molecule has 27 heavy (non-hydrogen) atoms. The van der Waals surface area contributed by atoms with Crippen LogP contribution >= 0.6 is 11.6 Å². The Hall–Kier alpha value is -2.17. The molecular formula is C16H17ClF3N5O2. The smallest absolute Gasteiger partial charge is 0.394 e. The third-order valence-corrected chi connectivity index (χ3v) is 4.96. The number of hydrogen-bond acceptors (Lipinski definition) is 6. The van der Waals surface area contributed by atoms with E-state index in [-0.39, 0.29) is 17.4 Å². The Bertz CT molecular complexity index is 877. The van der Waals surface area contributed by atoms with Crippen LogP contribution in [-0.4, -0.2) is 45.1 Å². The predicted octanol–water partition coefficient (Wildman–Crippen LogP) is 1.59. The van der Waals surface area contributed by atoms with E-state index < -0.39 is 22.8 Å². The lowest BCUT2D eigenvalue weighted by Crippen LogP contribution is -2.53. The highest BCUT2D eigenvalue weighted by Gasteiger charge is 2.32. The fourth-order valence-corrected chi connectivity index (χ4v) is 3.09. The zero-order valence-electron chi connectivity index (χ0n) is 14.1. The van der Waals surface area contributed by atoms with E-state index in [1.54, 1.807) is 0 Å². The second kappa shape index (κ2) is 7.10. The van der Waals surface area contributed by atoms with E-state index in [1.807, 2.05) is 4.90 Å². The lowest BCUT2D eigenvalue weighted by molar-refractivity contribution is -0.137. The minimum atomic E-state index is -4.52. The third-order valence-electron chi connectivity index (χ3n) is 4.61. The number of alkyl halides is 3. The molecule has 146 valence electrons. The van der Waals surface area contributed by atoms with Crippen LogP contribution in [0.3, 0.4) is 0 Å². The molecule has 7 nitrogen and oxygen atoms in total. The highest BCUT2D eigenvalue weighted by molar-refractivity contribution is 6.33. The normalized spacial score (nSPS) is 17.2. The number of nitrogens with zero attached hydrogens (tertiary/aromatic N) is 4. The topological polar surface area (TPSA) is 97.3 Å². The SMILES string of the molecule is NC1(CO)CCN(c2cnn(-c3ccc(C(F)(F)F)cn3)c(=O)c2Cl)CC1. The van der Waals surface area contributed by atoms with Crippen LogP contribution < -0.4 is 16.2 Å². The monoisotopic (exact) mass is 403 g/mol. The molecule has 0 radical (unpaired) electrons. The number of piperidine rings is 1. The van der Waals surface area contributed by atoms with E-state index in [2.05, 4.69) is 10.1 Å². The van der Waals surface area contributed by atoms with Crippen LogP contribution in [0.1, 0.15) is 18.4 Å². The molecule has 0 atom stereocenters. The molecule has 3 heterocycles. The van der Waals surface area contributed by atoms with Gasteiger partial charge >= 0.3 is 6.18 Å². The van der Waals surface area contributed by atoms with Crippen LogP contribution in [0, 0.1) is 0 Å². The number of hydrogen-bond donors (Lipinski definition) is 2. The van der Waals surface area contributed by atoms with Crippen molar-refractivity contribution in [2.45, 2.75) is 24.6 Å². The standard InChI is InChI=1S/C16H17ClF3N5O2/c17-13-11(24-5-3-15(21,9-26)4-6-24)8-23-25(14(13)27)12-2-1-10(7-22-12)16(18,19)20/h1-2,7-8,26H,3-6,9,21H2. The van der Waals surface area contributed by atoms with Gasteiger partial charge in [0.1, 0.15) is 5.02 Å². The molecule has 0 aliphatic carbocycles. The maximum absolute atomic E-state index is 12.6. The largest absolute Gasteiger partial charge is 0.417 e. The number of nitrogens with two attached hydrogens (primary N) is 1. The summed E-state index contributed by atoms with van der Waals surface area (Å²) in [6, 6.07) is 1.87. The third kappa shape index (κ3) is 3.92. The summed E-state index contributed by atoms with van der Waals surface area (Å²) in [6.07, 6.45) is -1.49. The van der Waals surface area contributed by atoms with E-state index in [9.17, 15) is 23.1 Å². The molecule has 0 bridgehead atoms. The molecule has 0 spiro atoms. The van der Waals surface area contributed by atoms with E-state index in [0.717, 1.165) is 16.8 Å². The second-order valence-corrected chi connectivity index (χ2v) is 6.85. The summed E-state index contributed by atoms with van der Waals surface area (Å²) < 4.78 is 38.7. The van der Waals surface area contributed by atoms with Gasteiger partial charge in [0, 0.05) is 24.8 Å². The van der Waals surface area contributed by atoms with Gasteiger partial charge in [-0.15, -0.1) is 0 Å². The highest BCUT2D eigenvalue weighted by atomic mass is 35.5. The molecule has 0 unspecified atom stereocenters. The van der Waals surface area contributed by atoms with E-state index in [4.69, 9.17) is 17.3 Å². The first-order valence-electron chi connectivity index (χ1n) is 8.11. The average Bonchev–Trinajstić information content (AvgIpc) is 2.64. The average molecular weight is 404 g/mol. The summed E-state index contributed by atoms with van der Waals surface area (Å²) in [5, 5.41) is 13.2. The molecule has 1 fully saturated rings. The van der Waals surface area contributed by atoms with E-state index in [1.165, 1.54) is 6.20 Å². The van der Waals surface area contributed by atoms with Gasteiger partial charge in [-0.05, 0) is 25.0 Å². The Kier molecular flexibility index (Phi) is 5.15. The summed E-state index contributed by atoms with van der Waals surface area (Å²) in [6.45, 7) is 0.842. The van der Waals surface area contributed by atoms with Crippen molar-refractivity contribution in [1.82, 2.24) is 14.8 Å². The zero-order chi connectivity index (χ0) is 19.8. The van der Waals surface area contributed by atoms with Gasteiger partial charge in [0.2, 0.25) is 0 Å². The van der Waals surface area contributed by atoms with Gasteiger partial charge in [-0.1, -0.05) is 11.6 Å². The molecule has 0 amide bonds. The molecule has 0 saturated carbocycles. The van der Waals surface area contributed by atoms with Crippen molar-refractivity contribution in [2.75, 3.05) is 24.6 Å². The zero-order valence-corrected chi connectivity index (χ0v) is 14.8. The summed E-state index contributed by atoms with van der Waals surface area (Å²) in [7, 11) is 0. The summed E-state index contributed by atoms with van der Waals surface area (Å²) in [5.41, 5.74) is 4.17. The van der Waals surface area contributed by atoms with Crippen molar-refractivity contribution >= 4 is 17.3 Å². The van der Waals surface area contributed by atoms with Gasteiger partial charge in [-0.2, -0.15) is 23.0 Å². The number of anilines is 1. The molecule has 0 aromatic carbocycles. The van der Waals surface area contributed by atoms with Gasteiger partial charge in [-0.3, -0.25) is 4.79 Å². The Balaban J connectivity index is 1.87. The quantitative estimate of drug-likeness (QED) is 0.807. The van der Waals surface area contributed by atoms with Crippen LogP contribution in [-0.2, 0) is 6.18 Å². The molecule has 11 heteroatoms. The number of aliphatic hydroxyl groups excluding tert-OH is 1. The van der Waals surface area contributed by atoms with Crippen LogP contribution in [0.4, 0.5) is 18.9 Å². The van der Waals surface area contributed by atoms with Gasteiger partial charge < -0.3 is 15.7 Å². The van der Waals surface area contributed by atoms with Gasteiger partial charge in [-0.25, -0.2) is 4.98 Å². The summed E-state index contributed by atoms with van der Waals surface area (Å²) in [4.78, 5) is 18.0. The Morgan fingerprint density at radius 2 is 1.93 bits per heavy atom. The minimum absolute atomic E-state index is 0.0682. The van der Waals surface area contributed by atoms with Crippen LogP contribution in [0.25, 0.3) is 5.82 Å². The number of aromatic nitrogens is 3. The van der Waals surface area contributed by atoms with Crippen molar-refractivity contribution in [3.63, 3.8) is 0 Å². The molecule has 1 aliphatic rings. The van der Waals surface area contributed by atoms with Gasteiger partial charge in [0.15, 0.2) is 5.82 Å². The Morgan fingerprint density at radius 3 is 2.44 bits per heavy atom. The molecule has 2 aromatic rings. The maximum Gasteiger partial charge on any atom is 0.417 e. The molecule has 3 rings (SSSR count). The number of aliphatic hydroxyl groups is 1. The Morgan fingerprint density at radius 1 is 1.26 bits per heavy atom. The molecule has 1 aliphatic heterocycles. The van der Waals surface area contributed by atoms with Crippen molar-refractivity contribution in [2.24, 2.45) is 5.73 Å². The van der Waals surface area contributed by atoms with Crippen LogP contribution in [0.15, 0.2) is 29.3 Å². The number of halogens is 4. The van der Waals surface area contributed by atoms with Gasteiger partial charge in [0.25, 0.3) is 5.56 Å². The molecule has 2 aromatic heterocycles. The fraction of sp³-hybridized carbons (Fsp3) is 0.438. The summed E-state index contributed by atoms with van der Waals surface area (Å²) in [5.74, 6) is -0.0682. The van der Waals surface area contributed by atoms with Crippen LogP contribution in [0.2, 0.25) is 5.02 Å². The lowest BCUT2D eigenvalue weighted by atomic mass is 9.89. The van der Waals surface area contributed by atoms with E-state index in [0.29, 0.717) is 37.8 Å². The van der Waals surface area contributed by atoms with Crippen LogP contribution in [0.5, 0.6) is 0 Å². The lowest BCUT2D eigenvalue weighted by Gasteiger charge is -2.39. The summed E-state index contributed by atoms with van der Waals surface area (Å²) >= 11 is 6.19. The van der Waals surface area contributed by atoms with Crippen molar-refractivity contribution in [3.8, 4) is 5.82 Å². The van der Waals surface area contributed by atoms with Crippen molar-refractivity contribution in [1.29, 1.82) is 0 Å². The molecule has 1 saturated heterocycles. The first-order chi connectivity index (χ1) is 12.6. The minimum Gasteiger partial charge on any atom is -0.394 e. The predicted molar refractivity (Wildman–Crippen MR) is 93.1 cm³/mol. The van der Waals surface area contributed by atoms with E-state index >= 15 is 0 Å². The fourth-order valence-electron chi connectivity index (χ4n) is 2.84. The number of rotatable bonds is 3. The second-order valence-electron chi connectivity index (χ2n) is 6.47. The van der Waals surface area contributed by atoms with Crippen molar-refractivity contribution in [3.05, 3.63) is 45.5 Å². The number of pyridine rings is 1.